The monoisotopic (exact) mass is 328 g/mol. The summed E-state index contributed by atoms with van der Waals surface area (Å²) in [4.78, 5) is 29.2. The molecule has 0 aliphatic rings. The van der Waals surface area contributed by atoms with E-state index in [1.54, 1.807) is 6.92 Å². The van der Waals surface area contributed by atoms with Crippen molar-refractivity contribution >= 4 is 28.1 Å². The second-order valence-electron chi connectivity index (χ2n) is 5.02. The summed E-state index contributed by atoms with van der Waals surface area (Å²) in [6.07, 6.45) is 2.23. The fraction of sp³-hybridized carbons (Fsp3) is 0.188. The summed E-state index contributed by atoms with van der Waals surface area (Å²) in [5.74, 6) is -0.565. The van der Waals surface area contributed by atoms with E-state index in [0.29, 0.717) is 11.3 Å². The first-order chi connectivity index (χ1) is 11.1. The van der Waals surface area contributed by atoms with Crippen molar-refractivity contribution in [1.82, 2.24) is 20.2 Å². The standard InChI is InChI=1S/C16H16N4O2S/c1-3-13(21)18-19-15(22)14-10(2)20-9-12(17-16(20)23-14)11-7-5-4-6-8-11/h4-9H,3H2,1-2H3,(H,18,21)(H,19,22). The number of amides is 2. The molecule has 1 aromatic carbocycles. The Morgan fingerprint density at radius 2 is 1.96 bits per heavy atom. The van der Waals surface area contributed by atoms with Gasteiger partial charge in [-0.05, 0) is 6.92 Å². The fourth-order valence-electron chi connectivity index (χ4n) is 2.18. The van der Waals surface area contributed by atoms with Gasteiger partial charge in [0, 0.05) is 23.9 Å². The Hall–Kier alpha value is -2.67. The van der Waals surface area contributed by atoms with Gasteiger partial charge in [0.15, 0.2) is 4.96 Å². The van der Waals surface area contributed by atoms with Crippen molar-refractivity contribution in [3.8, 4) is 11.3 Å². The maximum Gasteiger partial charge on any atom is 0.281 e. The summed E-state index contributed by atoms with van der Waals surface area (Å²) in [6, 6.07) is 9.88. The number of carbonyl (C=O) groups is 2. The second kappa shape index (κ2) is 6.21. The molecule has 3 rings (SSSR count). The van der Waals surface area contributed by atoms with Crippen LogP contribution in [0.3, 0.4) is 0 Å². The number of rotatable bonds is 3. The molecule has 2 amide bonds. The third-order valence-electron chi connectivity index (χ3n) is 3.47. The van der Waals surface area contributed by atoms with E-state index in [4.69, 9.17) is 0 Å². The van der Waals surface area contributed by atoms with Crippen LogP contribution in [0.4, 0.5) is 0 Å². The summed E-state index contributed by atoms with van der Waals surface area (Å²) in [6.45, 7) is 3.58. The lowest BCUT2D eigenvalue weighted by Gasteiger charge is -2.04. The van der Waals surface area contributed by atoms with E-state index in [1.807, 2.05) is 47.9 Å². The molecule has 0 unspecified atom stereocenters. The largest absolute Gasteiger partial charge is 0.293 e. The molecule has 0 radical (unpaired) electrons. The van der Waals surface area contributed by atoms with E-state index in [9.17, 15) is 9.59 Å². The molecule has 0 saturated carbocycles. The van der Waals surface area contributed by atoms with Crippen molar-refractivity contribution < 1.29 is 9.59 Å². The third-order valence-corrected chi connectivity index (χ3v) is 4.62. The van der Waals surface area contributed by atoms with Crippen molar-refractivity contribution in [3.05, 3.63) is 47.1 Å². The predicted octanol–water partition coefficient (Wildman–Crippen LogP) is 2.54. The Morgan fingerprint density at radius 1 is 1.22 bits per heavy atom. The Bertz CT molecular complexity index is 867. The molecule has 0 bridgehead atoms. The lowest BCUT2D eigenvalue weighted by molar-refractivity contribution is -0.121. The van der Waals surface area contributed by atoms with E-state index < -0.39 is 0 Å². The molecular weight excluding hydrogens is 312 g/mol. The van der Waals surface area contributed by atoms with E-state index in [1.165, 1.54) is 11.3 Å². The number of nitrogens with one attached hydrogen (secondary N) is 2. The SMILES string of the molecule is CCC(=O)NNC(=O)c1sc2nc(-c3ccccc3)cn2c1C. The smallest absolute Gasteiger partial charge is 0.281 e. The van der Waals surface area contributed by atoms with Crippen LogP contribution in [0, 0.1) is 6.92 Å². The highest BCUT2D eigenvalue weighted by molar-refractivity contribution is 7.19. The molecule has 6 nitrogen and oxygen atoms in total. The molecule has 118 valence electrons. The van der Waals surface area contributed by atoms with E-state index in [-0.39, 0.29) is 11.8 Å². The second-order valence-corrected chi connectivity index (χ2v) is 5.99. The minimum Gasteiger partial charge on any atom is -0.293 e. The number of imidazole rings is 1. The molecule has 3 aromatic rings. The molecule has 2 heterocycles. The Kier molecular flexibility index (Phi) is 4.12. The maximum atomic E-state index is 12.2. The normalized spacial score (nSPS) is 10.7. The van der Waals surface area contributed by atoms with Crippen LogP contribution in [-0.2, 0) is 4.79 Å². The molecule has 2 N–H and O–H groups in total. The van der Waals surface area contributed by atoms with Crippen molar-refractivity contribution in [2.24, 2.45) is 0 Å². The Labute approximate surface area is 137 Å². The predicted molar refractivity (Wildman–Crippen MR) is 89.1 cm³/mol. The number of benzene rings is 1. The molecule has 0 aliphatic carbocycles. The number of carbonyl (C=O) groups excluding carboxylic acids is 2. The van der Waals surface area contributed by atoms with Gasteiger partial charge in [-0.2, -0.15) is 0 Å². The molecule has 0 saturated heterocycles. The first-order valence-electron chi connectivity index (χ1n) is 7.23. The van der Waals surface area contributed by atoms with Crippen LogP contribution in [0.2, 0.25) is 0 Å². The highest BCUT2D eigenvalue weighted by atomic mass is 32.1. The van der Waals surface area contributed by atoms with Gasteiger partial charge in [0.05, 0.1) is 5.69 Å². The van der Waals surface area contributed by atoms with Crippen molar-refractivity contribution in [3.63, 3.8) is 0 Å². The summed E-state index contributed by atoms with van der Waals surface area (Å²) >= 11 is 1.30. The molecular formula is C16H16N4O2S. The molecule has 2 aromatic heterocycles. The third kappa shape index (κ3) is 2.95. The Balaban J connectivity index is 1.87. The number of hydrazine groups is 1. The maximum absolute atomic E-state index is 12.2. The van der Waals surface area contributed by atoms with Crippen molar-refractivity contribution in [2.75, 3.05) is 0 Å². The van der Waals surface area contributed by atoms with Gasteiger partial charge in [-0.15, -0.1) is 0 Å². The van der Waals surface area contributed by atoms with Crippen LogP contribution < -0.4 is 10.9 Å². The number of hydrogen-bond acceptors (Lipinski definition) is 4. The van der Waals surface area contributed by atoms with Crippen molar-refractivity contribution in [1.29, 1.82) is 0 Å². The number of nitrogens with zero attached hydrogens (tertiary/aromatic N) is 2. The van der Waals surface area contributed by atoms with Gasteiger partial charge < -0.3 is 0 Å². The molecule has 0 atom stereocenters. The van der Waals surface area contributed by atoms with Gasteiger partial charge in [-0.3, -0.25) is 24.8 Å². The van der Waals surface area contributed by atoms with Gasteiger partial charge in [0.25, 0.3) is 5.91 Å². The molecule has 0 fully saturated rings. The lowest BCUT2D eigenvalue weighted by atomic mass is 10.2. The number of aryl methyl sites for hydroxylation is 1. The van der Waals surface area contributed by atoms with Crippen LogP contribution in [0.15, 0.2) is 36.5 Å². The van der Waals surface area contributed by atoms with Crippen LogP contribution in [0.25, 0.3) is 16.2 Å². The summed E-state index contributed by atoms with van der Waals surface area (Å²) in [5.41, 5.74) is 7.48. The van der Waals surface area contributed by atoms with E-state index in [2.05, 4.69) is 15.8 Å². The summed E-state index contributed by atoms with van der Waals surface area (Å²) < 4.78 is 1.89. The molecule has 0 spiro atoms. The molecule has 0 aliphatic heterocycles. The number of thiazole rings is 1. The van der Waals surface area contributed by atoms with Gasteiger partial charge in [0.2, 0.25) is 5.91 Å². The minimum atomic E-state index is -0.332. The zero-order chi connectivity index (χ0) is 16.4. The highest BCUT2D eigenvalue weighted by Crippen LogP contribution is 2.26. The highest BCUT2D eigenvalue weighted by Gasteiger charge is 2.18. The summed E-state index contributed by atoms with van der Waals surface area (Å²) in [7, 11) is 0. The zero-order valence-corrected chi connectivity index (χ0v) is 13.6. The van der Waals surface area contributed by atoms with Crippen molar-refractivity contribution in [2.45, 2.75) is 20.3 Å². The van der Waals surface area contributed by atoms with Gasteiger partial charge >= 0.3 is 0 Å². The van der Waals surface area contributed by atoms with Gasteiger partial charge in [0.1, 0.15) is 4.88 Å². The first kappa shape index (κ1) is 15.2. The fourth-order valence-corrected chi connectivity index (χ4v) is 3.18. The topological polar surface area (TPSA) is 75.5 Å². The van der Waals surface area contributed by atoms with E-state index >= 15 is 0 Å². The van der Waals surface area contributed by atoms with Crippen LogP contribution in [0.1, 0.15) is 28.7 Å². The van der Waals surface area contributed by atoms with Gasteiger partial charge in [-0.25, -0.2) is 4.98 Å². The lowest BCUT2D eigenvalue weighted by Crippen LogP contribution is -2.41. The average molecular weight is 328 g/mol. The minimum absolute atomic E-state index is 0.233. The average Bonchev–Trinajstić information content (AvgIpc) is 3.13. The number of hydrogen-bond donors (Lipinski definition) is 2. The molecule has 23 heavy (non-hydrogen) atoms. The van der Waals surface area contributed by atoms with E-state index in [0.717, 1.165) is 21.9 Å². The van der Waals surface area contributed by atoms with Crippen LogP contribution >= 0.6 is 11.3 Å². The number of fused-ring (bicyclic) bond motifs is 1. The van der Waals surface area contributed by atoms with Crippen LogP contribution in [0.5, 0.6) is 0 Å². The van der Waals surface area contributed by atoms with Crippen LogP contribution in [-0.4, -0.2) is 21.2 Å². The first-order valence-corrected chi connectivity index (χ1v) is 8.05. The zero-order valence-electron chi connectivity index (χ0n) is 12.8. The van der Waals surface area contributed by atoms with Gasteiger partial charge in [-0.1, -0.05) is 48.6 Å². The number of aromatic nitrogens is 2. The quantitative estimate of drug-likeness (QED) is 0.726. The summed E-state index contributed by atoms with van der Waals surface area (Å²) in [5, 5.41) is 0. The Morgan fingerprint density at radius 3 is 2.61 bits per heavy atom. The molecule has 7 heteroatoms.